The second kappa shape index (κ2) is 5.20. The number of nitrogens with zero attached hydrogens (tertiary/aromatic N) is 3. The molecular weight excluding hydrogens is 268 g/mol. The summed E-state index contributed by atoms with van der Waals surface area (Å²) >= 11 is 0. The Balaban J connectivity index is 1.80. The molecule has 1 aromatic heterocycles. The van der Waals surface area contributed by atoms with E-state index in [0.717, 1.165) is 18.4 Å². The van der Waals surface area contributed by atoms with Crippen LogP contribution in [-0.4, -0.2) is 25.8 Å². The number of nitrogens with one attached hydrogen (secondary N) is 1. The van der Waals surface area contributed by atoms with Gasteiger partial charge in [-0.3, -0.25) is 14.7 Å². The first-order chi connectivity index (χ1) is 10.1. The molecular formula is C15H18N4O2. The number of rotatable bonds is 4. The van der Waals surface area contributed by atoms with Gasteiger partial charge in [-0.05, 0) is 36.5 Å². The van der Waals surface area contributed by atoms with E-state index in [2.05, 4.69) is 15.5 Å². The molecule has 0 bridgehead atoms. The van der Waals surface area contributed by atoms with E-state index in [-0.39, 0.29) is 17.2 Å². The van der Waals surface area contributed by atoms with Gasteiger partial charge >= 0.3 is 0 Å². The molecule has 1 saturated carbocycles. The maximum Gasteiger partial charge on any atom is 0.261 e. The summed E-state index contributed by atoms with van der Waals surface area (Å²) in [7, 11) is 0. The highest BCUT2D eigenvalue weighted by atomic mass is 16.3. The van der Waals surface area contributed by atoms with Gasteiger partial charge < -0.3 is 5.11 Å². The number of phenolic OH excluding ortho intramolecular Hbond substituents is 1. The Morgan fingerprint density at radius 1 is 1.43 bits per heavy atom. The second-order valence-electron chi connectivity index (χ2n) is 5.68. The molecule has 0 unspecified atom stereocenters. The molecule has 110 valence electrons. The lowest BCUT2D eigenvalue weighted by Crippen LogP contribution is -2.16. The van der Waals surface area contributed by atoms with Crippen LogP contribution in [0.1, 0.15) is 54.6 Å². The van der Waals surface area contributed by atoms with Crippen molar-refractivity contribution < 1.29 is 9.90 Å². The van der Waals surface area contributed by atoms with Crippen LogP contribution in [0.4, 0.5) is 5.95 Å². The van der Waals surface area contributed by atoms with Gasteiger partial charge in [0.25, 0.3) is 5.91 Å². The van der Waals surface area contributed by atoms with Crippen molar-refractivity contribution in [3.63, 3.8) is 0 Å². The molecule has 6 heteroatoms. The molecule has 0 aliphatic heterocycles. The van der Waals surface area contributed by atoms with Crippen LogP contribution < -0.4 is 5.32 Å². The normalized spacial score (nSPS) is 14.4. The third-order valence-electron chi connectivity index (χ3n) is 3.67. The largest absolute Gasteiger partial charge is 0.507 e. The summed E-state index contributed by atoms with van der Waals surface area (Å²) in [5, 5.41) is 20.5. The van der Waals surface area contributed by atoms with E-state index in [0.29, 0.717) is 17.9 Å². The monoisotopic (exact) mass is 286 g/mol. The van der Waals surface area contributed by atoms with Crippen molar-refractivity contribution in [3.8, 4) is 5.75 Å². The third kappa shape index (κ3) is 2.74. The summed E-state index contributed by atoms with van der Waals surface area (Å²) in [4.78, 5) is 12.3. The Bertz CT molecular complexity index is 674. The smallest absolute Gasteiger partial charge is 0.261 e. The number of phenols is 1. The highest BCUT2D eigenvalue weighted by molar-refractivity contribution is 6.05. The van der Waals surface area contributed by atoms with Gasteiger partial charge in [-0.15, -0.1) is 10.2 Å². The van der Waals surface area contributed by atoms with Gasteiger partial charge in [0.1, 0.15) is 12.1 Å². The molecule has 21 heavy (non-hydrogen) atoms. The standard InChI is InChI=1S/C15H18N4O2/c1-9(2)10-3-6-12(13(20)7-10)14(21)17-15-18-16-8-19(15)11-4-5-11/h3,6-9,11,20H,4-5H2,1-2H3,(H,17,18,21). The van der Waals surface area contributed by atoms with Crippen molar-refractivity contribution in [2.24, 2.45) is 0 Å². The van der Waals surface area contributed by atoms with Crippen LogP contribution in [0.3, 0.4) is 0 Å². The molecule has 1 aromatic carbocycles. The van der Waals surface area contributed by atoms with Crippen molar-refractivity contribution >= 4 is 11.9 Å². The molecule has 1 aliphatic rings. The molecule has 0 radical (unpaired) electrons. The van der Waals surface area contributed by atoms with E-state index in [4.69, 9.17) is 0 Å². The van der Waals surface area contributed by atoms with E-state index in [1.54, 1.807) is 18.5 Å². The molecule has 2 aromatic rings. The van der Waals surface area contributed by atoms with Gasteiger partial charge in [0.05, 0.1) is 5.56 Å². The average Bonchev–Trinajstić information content (AvgIpc) is 3.19. The quantitative estimate of drug-likeness (QED) is 0.905. The Hall–Kier alpha value is -2.37. The number of benzene rings is 1. The summed E-state index contributed by atoms with van der Waals surface area (Å²) < 4.78 is 1.86. The van der Waals surface area contributed by atoms with E-state index < -0.39 is 0 Å². The topological polar surface area (TPSA) is 80.0 Å². The second-order valence-corrected chi connectivity index (χ2v) is 5.68. The molecule has 1 aliphatic carbocycles. The summed E-state index contributed by atoms with van der Waals surface area (Å²) in [6.45, 7) is 4.07. The van der Waals surface area contributed by atoms with E-state index in [1.165, 1.54) is 0 Å². The maximum absolute atomic E-state index is 12.3. The molecule has 6 nitrogen and oxygen atoms in total. The minimum atomic E-state index is -0.377. The van der Waals surface area contributed by atoms with Crippen LogP contribution >= 0.6 is 0 Å². The van der Waals surface area contributed by atoms with Gasteiger partial charge in [0, 0.05) is 6.04 Å². The average molecular weight is 286 g/mol. The number of hydrogen-bond donors (Lipinski definition) is 2. The highest BCUT2D eigenvalue weighted by Crippen LogP contribution is 2.36. The number of amides is 1. The van der Waals surface area contributed by atoms with Crippen LogP contribution in [0.2, 0.25) is 0 Å². The molecule has 1 amide bonds. The van der Waals surface area contributed by atoms with Gasteiger partial charge in [-0.1, -0.05) is 19.9 Å². The summed E-state index contributed by atoms with van der Waals surface area (Å²) in [5.41, 5.74) is 1.23. The van der Waals surface area contributed by atoms with Crippen molar-refractivity contribution in [1.29, 1.82) is 0 Å². The lowest BCUT2D eigenvalue weighted by atomic mass is 10.0. The summed E-state index contributed by atoms with van der Waals surface area (Å²) in [6.07, 6.45) is 3.78. The SMILES string of the molecule is CC(C)c1ccc(C(=O)Nc2nncn2C2CC2)c(O)c1. The fourth-order valence-electron chi connectivity index (χ4n) is 2.22. The molecule has 1 heterocycles. The number of aromatic nitrogens is 3. The first kappa shape index (κ1) is 13.6. The Labute approximate surface area is 122 Å². The van der Waals surface area contributed by atoms with Gasteiger partial charge in [-0.25, -0.2) is 0 Å². The number of carbonyl (C=O) groups excluding carboxylic acids is 1. The fourth-order valence-corrected chi connectivity index (χ4v) is 2.22. The predicted molar refractivity (Wildman–Crippen MR) is 78.4 cm³/mol. The Kier molecular flexibility index (Phi) is 3.37. The van der Waals surface area contributed by atoms with Crippen LogP contribution in [0.5, 0.6) is 5.75 Å². The van der Waals surface area contributed by atoms with Crippen molar-refractivity contribution in [3.05, 3.63) is 35.7 Å². The number of aromatic hydroxyl groups is 1. The zero-order valence-electron chi connectivity index (χ0n) is 12.1. The molecule has 2 N–H and O–H groups in total. The van der Waals surface area contributed by atoms with Gasteiger partial charge in [-0.2, -0.15) is 0 Å². The van der Waals surface area contributed by atoms with Gasteiger partial charge in [0.15, 0.2) is 0 Å². The third-order valence-corrected chi connectivity index (χ3v) is 3.67. The maximum atomic E-state index is 12.3. The zero-order valence-corrected chi connectivity index (χ0v) is 12.1. The molecule has 3 rings (SSSR count). The van der Waals surface area contributed by atoms with Crippen molar-refractivity contribution in [2.75, 3.05) is 5.32 Å². The summed E-state index contributed by atoms with van der Waals surface area (Å²) in [5.74, 6) is 0.328. The van der Waals surface area contributed by atoms with Gasteiger partial charge in [0.2, 0.25) is 5.95 Å². The molecule has 1 fully saturated rings. The lowest BCUT2D eigenvalue weighted by molar-refractivity contribution is 0.102. The van der Waals surface area contributed by atoms with Crippen molar-refractivity contribution in [1.82, 2.24) is 14.8 Å². The van der Waals surface area contributed by atoms with Crippen LogP contribution in [0.25, 0.3) is 0 Å². The van der Waals surface area contributed by atoms with Crippen LogP contribution in [0, 0.1) is 0 Å². The van der Waals surface area contributed by atoms with Crippen LogP contribution in [-0.2, 0) is 0 Å². The highest BCUT2D eigenvalue weighted by Gasteiger charge is 2.27. The van der Waals surface area contributed by atoms with Crippen molar-refractivity contribution in [2.45, 2.75) is 38.6 Å². The zero-order chi connectivity index (χ0) is 15.0. The predicted octanol–water partition coefficient (Wildman–Crippen LogP) is 2.69. The Morgan fingerprint density at radius 3 is 2.81 bits per heavy atom. The molecule has 0 spiro atoms. The minimum Gasteiger partial charge on any atom is -0.507 e. The lowest BCUT2D eigenvalue weighted by Gasteiger charge is -2.10. The molecule has 0 saturated heterocycles. The number of hydrogen-bond acceptors (Lipinski definition) is 4. The van der Waals surface area contributed by atoms with E-state index in [9.17, 15) is 9.90 Å². The first-order valence-electron chi connectivity index (χ1n) is 7.10. The number of carbonyl (C=O) groups is 1. The summed E-state index contributed by atoms with van der Waals surface area (Å²) in [6, 6.07) is 5.50. The molecule has 0 atom stereocenters. The first-order valence-corrected chi connectivity index (χ1v) is 7.10. The Morgan fingerprint density at radius 2 is 2.19 bits per heavy atom. The van der Waals surface area contributed by atoms with E-state index in [1.807, 2.05) is 24.5 Å². The number of anilines is 1. The van der Waals surface area contributed by atoms with Crippen LogP contribution in [0.15, 0.2) is 24.5 Å². The fraction of sp³-hybridized carbons (Fsp3) is 0.400. The minimum absolute atomic E-state index is 0.0174. The van der Waals surface area contributed by atoms with E-state index >= 15 is 0 Å².